The Bertz CT molecular complexity index is 583. The maximum Gasteiger partial charge on any atom is 0.111 e. The second-order valence-electron chi connectivity index (χ2n) is 6.56. The molecule has 116 valence electrons. The molecule has 1 aromatic heterocycles. The number of imidazole rings is 1. The van der Waals surface area contributed by atoms with Gasteiger partial charge in [0.25, 0.3) is 0 Å². The zero-order valence-corrected chi connectivity index (χ0v) is 14.4. The van der Waals surface area contributed by atoms with Crippen LogP contribution in [0.1, 0.15) is 39.9 Å². The number of nitrogens with zero attached hydrogens (tertiary/aromatic N) is 2. The molecule has 0 spiro atoms. The molecule has 2 aromatic rings. The summed E-state index contributed by atoms with van der Waals surface area (Å²) in [4.78, 5) is 4.79. The number of hydrogen-bond acceptors (Lipinski definition) is 3. The fourth-order valence-corrected chi connectivity index (χ4v) is 3.24. The molecule has 0 aliphatic carbocycles. The molecule has 1 atom stereocenters. The Labute approximate surface area is 132 Å². The monoisotopic (exact) mass is 305 g/mol. The molecule has 0 aliphatic heterocycles. The molecule has 2 N–H and O–H groups in total. The average Bonchev–Trinajstić information content (AvgIpc) is 2.74. The highest BCUT2D eigenvalue weighted by Crippen LogP contribution is 2.24. The molecule has 0 bridgehead atoms. The molecule has 21 heavy (non-hydrogen) atoms. The number of para-hydroxylation sites is 2. The summed E-state index contributed by atoms with van der Waals surface area (Å²) in [6.07, 6.45) is 1.96. The molecule has 3 nitrogen and oxygen atoms in total. The van der Waals surface area contributed by atoms with Crippen molar-refractivity contribution in [3.05, 3.63) is 30.1 Å². The Balaban J connectivity index is 2.15. The highest BCUT2D eigenvalue weighted by Gasteiger charge is 2.16. The van der Waals surface area contributed by atoms with Crippen LogP contribution in [0.15, 0.2) is 24.3 Å². The third-order valence-electron chi connectivity index (χ3n) is 3.36. The van der Waals surface area contributed by atoms with E-state index in [0.29, 0.717) is 0 Å². The van der Waals surface area contributed by atoms with E-state index in [1.165, 1.54) is 5.52 Å². The van der Waals surface area contributed by atoms with Crippen molar-refractivity contribution >= 4 is 22.8 Å². The van der Waals surface area contributed by atoms with Crippen LogP contribution in [0, 0.1) is 0 Å². The first-order chi connectivity index (χ1) is 9.90. The number of aryl methyl sites for hydroxylation is 1. The second kappa shape index (κ2) is 6.84. The first-order valence-corrected chi connectivity index (χ1v) is 8.73. The van der Waals surface area contributed by atoms with Gasteiger partial charge in [0, 0.05) is 29.5 Å². The smallest absolute Gasteiger partial charge is 0.111 e. The minimum absolute atomic E-state index is 0.154. The summed E-state index contributed by atoms with van der Waals surface area (Å²) in [7, 11) is 0. The van der Waals surface area contributed by atoms with Crippen molar-refractivity contribution in [2.45, 2.75) is 57.9 Å². The van der Waals surface area contributed by atoms with Gasteiger partial charge in [-0.3, -0.25) is 0 Å². The minimum atomic E-state index is 0.154. The van der Waals surface area contributed by atoms with E-state index in [1.807, 2.05) is 17.8 Å². The summed E-state index contributed by atoms with van der Waals surface area (Å²) in [6, 6.07) is 8.51. The minimum Gasteiger partial charge on any atom is -0.328 e. The van der Waals surface area contributed by atoms with Crippen molar-refractivity contribution in [3.63, 3.8) is 0 Å². The van der Waals surface area contributed by atoms with E-state index in [0.717, 1.165) is 36.5 Å². The van der Waals surface area contributed by atoms with E-state index in [4.69, 9.17) is 10.7 Å². The number of aromatic nitrogens is 2. The number of fused-ring (bicyclic) bond motifs is 1. The SMILES string of the molecule is CCCn1c(CC(N)CSC(C)(C)C)nc2ccccc21. The Hall–Kier alpha value is -1.00. The van der Waals surface area contributed by atoms with Gasteiger partial charge in [0.15, 0.2) is 0 Å². The predicted octanol–water partition coefficient (Wildman–Crippen LogP) is 3.85. The summed E-state index contributed by atoms with van der Waals surface area (Å²) in [5.74, 6) is 2.10. The molecule has 2 rings (SSSR count). The molecule has 1 heterocycles. The van der Waals surface area contributed by atoms with Crippen LogP contribution >= 0.6 is 11.8 Å². The molecule has 0 saturated heterocycles. The van der Waals surface area contributed by atoms with Crippen LogP contribution < -0.4 is 5.73 Å². The van der Waals surface area contributed by atoms with Crippen molar-refractivity contribution in [1.29, 1.82) is 0 Å². The molecular weight excluding hydrogens is 278 g/mol. The fourth-order valence-electron chi connectivity index (χ4n) is 2.40. The third kappa shape index (κ3) is 4.48. The lowest BCUT2D eigenvalue weighted by Gasteiger charge is -2.20. The number of hydrogen-bond donors (Lipinski definition) is 1. The van der Waals surface area contributed by atoms with Crippen molar-refractivity contribution in [1.82, 2.24) is 9.55 Å². The Morgan fingerprint density at radius 1 is 1.29 bits per heavy atom. The molecule has 0 saturated carbocycles. The van der Waals surface area contributed by atoms with Gasteiger partial charge in [-0.2, -0.15) is 11.8 Å². The maximum atomic E-state index is 6.33. The number of benzene rings is 1. The average molecular weight is 305 g/mol. The van der Waals surface area contributed by atoms with Gasteiger partial charge in [-0.05, 0) is 18.6 Å². The van der Waals surface area contributed by atoms with Crippen LogP contribution in [0.3, 0.4) is 0 Å². The van der Waals surface area contributed by atoms with Gasteiger partial charge in [-0.15, -0.1) is 0 Å². The van der Waals surface area contributed by atoms with Crippen LogP contribution in [0.5, 0.6) is 0 Å². The van der Waals surface area contributed by atoms with Crippen LogP contribution in [-0.2, 0) is 13.0 Å². The van der Waals surface area contributed by atoms with Gasteiger partial charge in [-0.25, -0.2) is 4.98 Å². The van der Waals surface area contributed by atoms with Crippen molar-refractivity contribution < 1.29 is 0 Å². The molecule has 1 unspecified atom stereocenters. The van der Waals surface area contributed by atoms with E-state index in [1.54, 1.807) is 0 Å². The predicted molar refractivity (Wildman–Crippen MR) is 93.9 cm³/mol. The lowest BCUT2D eigenvalue weighted by molar-refractivity contribution is 0.618. The lowest BCUT2D eigenvalue weighted by Crippen LogP contribution is -2.29. The van der Waals surface area contributed by atoms with Crippen molar-refractivity contribution in [2.75, 3.05) is 5.75 Å². The topological polar surface area (TPSA) is 43.8 Å². The maximum absolute atomic E-state index is 6.33. The highest BCUT2D eigenvalue weighted by atomic mass is 32.2. The molecule has 4 heteroatoms. The van der Waals surface area contributed by atoms with Crippen molar-refractivity contribution in [2.24, 2.45) is 5.73 Å². The molecule has 0 fully saturated rings. The molecule has 1 aromatic carbocycles. The lowest BCUT2D eigenvalue weighted by atomic mass is 10.2. The first-order valence-electron chi connectivity index (χ1n) is 7.74. The number of rotatable bonds is 6. The van der Waals surface area contributed by atoms with Crippen LogP contribution in [0.25, 0.3) is 11.0 Å². The van der Waals surface area contributed by atoms with E-state index in [-0.39, 0.29) is 10.8 Å². The first kappa shape index (κ1) is 16.4. The Morgan fingerprint density at radius 3 is 2.67 bits per heavy atom. The van der Waals surface area contributed by atoms with E-state index in [2.05, 4.69) is 50.5 Å². The quantitative estimate of drug-likeness (QED) is 0.881. The Morgan fingerprint density at radius 2 is 2.00 bits per heavy atom. The third-order valence-corrected chi connectivity index (χ3v) is 4.82. The van der Waals surface area contributed by atoms with E-state index < -0.39 is 0 Å². The summed E-state index contributed by atoms with van der Waals surface area (Å²) < 4.78 is 2.60. The molecule has 0 amide bonds. The van der Waals surface area contributed by atoms with Crippen LogP contribution in [0.2, 0.25) is 0 Å². The van der Waals surface area contributed by atoms with E-state index in [9.17, 15) is 0 Å². The van der Waals surface area contributed by atoms with Gasteiger partial charge >= 0.3 is 0 Å². The molecule has 0 radical (unpaired) electrons. The largest absolute Gasteiger partial charge is 0.328 e. The molecule has 0 aliphatic rings. The van der Waals surface area contributed by atoms with Gasteiger partial charge in [0.05, 0.1) is 11.0 Å². The number of thioether (sulfide) groups is 1. The van der Waals surface area contributed by atoms with Crippen LogP contribution in [-0.4, -0.2) is 26.1 Å². The zero-order chi connectivity index (χ0) is 15.5. The summed E-state index contributed by atoms with van der Waals surface area (Å²) in [5.41, 5.74) is 8.63. The standard InChI is InChI=1S/C17H27N3S/c1-5-10-20-15-9-7-6-8-14(15)19-16(20)11-13(18)12-21-17(2,3)4/h6-9,13H,5,10-12,18H2,1-4H3. The van der Waals surface area contributed by atoms with Gasteiger partial charge in [0.1, 0.15) is 5.82 Å². The molecular formula is C17H27N3S. The van der Waals surface area contributed by atoms with Gasteiger partial charge in [-0.1, -0.05) is 39.8 Å². The Kier molecular flexibility index (Phi) is 5.33. The normalized spacial score (nSPS) is 13.8. The fraction of sp³-hybridized carbons (Fsp3) is 0.588. The second-order valence-corrected chi connectivity index (χ2v) is 8.40. The number of nitrogens with two attached hydrogens (primary N) is 1. The summed E-state index contributed by atoms with van der Waals surface area (Å²) >= 11 is 1.92. The zero-order valence-electron chi connectivity index (χ0n) is 13.6. The highest BCUT2D eigenvalue weighted by molar-refractivity contribution is 8.00. The van der Waals surface area contributed by atoms with Crippen molar-refractivity contribution in [3.8, 4) is 0 Å². The van der Waals surface area contributed by atoms with Crippen LogP contribution in [0.4, 0.5) is 0 Å². The summed E-state index contributed by atoms with van der Waals surface area (Å²) in [5, 5.41) is 0. The summed E-state index contributed by atoms with van der Waals surface area (Å²) in [6.45, 7) is 9.91. The van der Waals surface area contributed by atoms with Gasteiger partial charge < -0.3 is 10.3 Å². The van der Waals surface area contributed by atoms with E-state index >= 15 is 0 Å². The van der Waals surface area contributed by atoms with Gasteiger partial charge in [0.2, 0.25) is 0 Å².